The minimum atomic E-state index is -0.432. The molecular weight excluding hydrogens is 284 g/mol. The van der Waals surface area contributed by atoms with Gasteiger partial charge in [0.15, 0.2) is 0 Å². The third-order valence-corrected chi connectivity index (χ3v) is 3.66. The summed E-state index contributed by atoms with van der Waals surface area (Å²) in [4.78, 5) is 0. The van der Waals surface area contributed by atoms with E-state index >= 15 is 0 Å². The first-order chi connectivity index (χ1) is 8.99. The molecule has 0 fully saturated rings. The number of nitrogens with two attached hydrogens (primary N) is 1. The summed E-state index contributed by atoms with van der Waals surface area (Å²) in [6.45, 7) is 1.72. The van der Waals surface area contributed by atoms with Crippen molar-refractivity contribution >= 4 is 23.2 Å². The Labute approximate surface area is 122 Å². The van der Waals surface area contributed by atoms with E-state index in [0.29, 0.717) is 27.6 Å². The van der Waals surface area contributed by atoms with Gasteiger partial charge in [0.05, 0.1) is 0 Å². The number of benzene rings is 2. The molecule has 0 saturated carbocycles. The van der Waals surface area contributed by atoms with E-state index < -0.39 is 6.04 Å². The number of hydrogen-bond donors (Lipinski definition) is 1. The molecule has 2 rings (SSSR count). The topological polar surface area (TPSA) is 26.0 Å². The van der Waals surface area contributed by atoms with Crippen molar-refractivity contribution in [2.45, 2.75) is 19.4 Å². The molecule has 0 amide bonds. The zero-order valence-corrected chi connectivity index (χ0v) is 12.0. The van der Waals surface area contributed by atoms with Gasteiger partial charge < -0.3 is 5.73 Å². The molecule has 0 bridgehead atoms. The van der Waals surface area contributed by atoms with Gasteiger partial charge in [-0.05, 0) is 36.6 Å². The summed E-state index contributed by atoms with van der Waals surface area (Å²) in [6.07, 6.45) is 0.469. The van der Waals surface area contributed by atoms with Crippen molar-refractivity contribution in [1.82, 2.24) is 0 Å². The summed E-state index contributed by atoms with van der Waals surface area (Å²) in [5.74, 6) is -0.250. The van der Waals surface area contributed by atoms with Crippen LogP contribution in [-0.4, -0.2) is 0 Å². The Morgan fingerprint density at radius 3 is 2.63 bits per heavy atom. The third kappa shape index (κ3) is 3.27. The Kier molecular flexibility index (Phi) is 4.46. The van der Waals surface area contributed by atoms with Crippen LogP contribution in [-0.2, 0) is 6.42 Å². The van der Waals surface area contributed by atoms with E-state index in [1.54, 1.807) is 37.3 Å². The summed E-state index contributed by atoms with van der Waals surface area (Å²) in [7, 11) is 0. The molecule has 2 N–H and O–H groups in total. The summed E-state index contributed by atoms with van der Waals surface area (Å²) in [5.41, 5.74) is 8.03. The third-order valence-electron chi connectivity index (χ3n) is 3.08. The monoisotopic (exact) mass is 297 g/mol. The lowest BCUT2D eigenvalue weighted by Crippen LogP contribution is -2.15. The molecule has 2 aromatic carbocycles. The van der Waals surface area contributed by atoms with Crippen LogP contribution in [0.1, 0.15) is 22.7 Å². The zero-order valence-electron chi connectivity index (χ0n) is 10.5. The van der Waals surface area contributed by atoms with Crippen LogP contribution in [0.3, 0.4) is 0 Å². The average Bonchev–Trinajstić information content (AvgIpc) is 2.36. The predicted molar refractivity (Wildman–Crippen MR) is 78.2 cm³/mol. The van der Waals surface area contributed by atoms with E-state index in [4.69, 9.17) is 28.9 Å². The van der Waals surface area contributed by atoms with E-state index in [1.165, 1.54) is 0 Å². The lowest BCUT2D eigenvalue weighted by Gasteiger charge is -2.15. The van der Waals surface area contributed by atoms with Gasteiger partial charge in [-0.3, -0.25) is 0 Å². The minimum Gasteiger partial charge on any atom is -0.324 e. The van der Waals surface area contributed by atoms with Gasteiger partial charge in [-0.2, -0.15) is 0 Å². The van der Waals surface area contributed by atoms with Gasteiger partial charge in [0, 0.05) is 21.7 Å². The van der Waals surface area contributed by atoms with Crippen LogP contribution < -0.4 is 5.73 Å². The van der Waals surface area contributed by atoms with Gasteiger partial charge >= 0.3 is 0 Å². The summed E-state index contributed by atoms with van der Waals surface area (Å²) in [5, 5.41) is 1.13. The fourth-order valence-corrected chi connectivity index (χ4v) is 2.48. The molecule has 0 radical (unpaired) electrons. The van der Waals surface area contributed by atoms with Crippen molar-refractivity contribution in [1.29, 1.82) is 0 Å². The van der Waals surface area contributed by atoms with Crippen molar-refractivity contribution < 1.29 is 4.39 Å². The minimum absolute atomic E-state index is 0.250. The quantitative estimate of drug-likeness (QED) is 0.874. The van der Waals surface area contributed by atoms with Crippen LogP contribution in [0.25, 0.3) is 0 Å². The molecule has 0 aliphatic heterocycles. The molecule has 0 heterocycles. The van der Waals surface area contributed by atoms with Crippen LogP contribution in [0, 0.1) is 12.7 Å². The standard InChI is InChI=1S/C15H14Cl2FN/c1-9-3-2-4-12(15(9)18)14(19)7-10-5-6-11(16)8-13(10)17/h2-6,8,14H,7,19H2,1H3. The second-order valence-electron chi connectivity index (χ2n) is 4.52. The van der Waals surface area contributed by atoms with Crippen LogP contribution in [0.4, 0.5) is 4.39 Å². The Bertz CT molecular complexity index is 599. The number of rotatable bonds is 3. The highest BCUT2D eigenvalue weighted by atomic mass is 35.5. The van der Waals surface area contributed by atoms with E-state index in [0.717, 1.165) is 5.56 Å². The van der Waals surface area contributed by atoms with Crippen LogP contribution in [0.5, 0.6) is 0 Å². The van der Waals surface area contributed by atoms with E-state index in [1.807, 2.05) is 6.07 Å². The van der Waals surface area contributed by atoms with Crippen molar-refractivity contribution in [2.75, 3.05) is 0 Å². The lowest BCUT2D eigenvalue weighted by molar-refractivity contribution is 0.573. The molecule has 1 nitrogen and oxygen atoms in total. The lowest BCUT2D eigenvalue weighted by atomic mass is 9.97. The molecule has 0 aromatic heterocycles. The second-order valence-corrected chi connectivity index (χ2v) is 5.37. The first kappa shape index (κ1) is 14.3. The van der Waals surface area contributed by atoms with Crippen LogP contribution >= 0.6 is 23.2 Å². The van der Waals surface area contributed by atoms with Crippen molar-refractivity contribution in [3.8, 4) is 0 Å². The van der Waals surface area contributed by atoms with Gasteiger partial charge in [-0.15, -0.1) is 0 Å². The first-order valence-electron chi connectivity index (χ1n) is 5.93. The fourth-order valence-electron chi connectivity index (χ4n) is 1.99. The summed E-state index contributed by atoms with van der Waals surface area (Å²) >= 11 is 11.9. The summed E-state index contributed by atoms with van der Waals surface area (Å²) in [6, 6.07) is 10.0. The highest BCUT2D eigenvalue weighted by molar-refractivity contribution is 6.35. The number of halogens is 3. The SMILES string of the molecule is Cc1cccc(C(N)Cc2ccc(Cl)cc2Cl)c1F. The largest absolute Gasteiger partial charge is 0.324 e. The Morgan fingerprint density at radius 1 is 1.21 bits per heavy atom. The molecule has 19 heavy (non-hydrogen) atoms. The molecule has 4 heteroatoms. The smallest absolute Gasteiger partial charge is 0.130 e. The Balaban J connectivity index is 2.25. The molecule has 100 valence electrons. The normalized spacial score (nSPS) is 12.5. The van der Waals surface area contributed by atoms with Crippen molar-refractivity contribution in [2.24, 2.45) is 5.73 Å². The molecular formula is C15H14Cl2FN. The summed E-state index contributed by atoms with van der Waals surface area (Å²) < 4.78 is 14.0. The predicted octanol–water partition coefficient (Wildman–Crippen LogP) is 4.68. The maximum absolute atomic E-state index is 14.0. The van der Waals surface area contributed by atoms with Gasteiger partial charge in [0.1, 0.15) is 5.82 Å². The van der Waals surface area contributed by atoms with Gasteiger partial charge in [-0.1, -0.05) is 47.5 Å². The first-order valence-corrected chi connectivity index (χ1v) is 6.69. The second kappa shape index (κ2) is 5.91. The van der Waals surface area contributed by atoms with Crippen molar-refractivity contribution in [3.63, 3.8) is 0 Å². The maximum atomic E-state index is 14.0. The van der Waals surface area contributed by atoms with Crippen molar-refractivity contribution in [3.05, 3.63) is 69.0 Å². The highest BCUT2D eigenvalue weighted by Gasteiger charge is 2.14. The van der Waals surface area contributed by atoms with Gasteiger partial charge in [0.25, 0.3) is 0 Å². The highest BCUT2D eigenvalue weighted by Crippen LogP contribution is 2.26. The van der Waals surface area contributed by atoms with Gasteiger partial charge in [-0.25, -0.2) is 4.39 Å². The Morgan fingerprint density at radius 2 is 1.95 bits per heavy atom. The molecule has 1 atom stereocenters. The number of hydrogen-bond acceptors (Lipinski definition) is 1. The van der Waals surface area contributed by atoms with Crippen LogP contribution in [0.15, 0.2) is 36.4 Å². The average molecular weight is 298 g/mol. The molecule has 1 unspecified atom stereocenters. The Hall–Kier alpha value is -1.09. The van der Waals surface area contributed by atoms with E-state index in [9.17, 15) is 4.39 Å². The van der Waals surface area contributed by atoms with E-state index in [-0.39, 0.29) is 5.82 Å². The molecule has 0 saturated heterocycles. The maximum Gasteiger partial charge on any atom is 0.130 e. The zero-order chi connectivity index (χ0) is 14.0. The molecule has 0 spiro atoms. The van der Waals surface area contributed by atoms with Gasteiger partial charge in [0.2, 0.25) is 0 Å². The number of aryl methyl sites for hydroxylation is 1. The fraction of sp³-hybridized carbons (Fsp3) is 0.200. The van der Waals surface area contributed by atoms with E-state index in [2.05, 4.69) is 0 Å². The van der Waals surface area contributed by atoms with Crippen LogP contribution in [0.2, 0.25) is 10.0 Å². The molecule has 2 aromatic rings. The molecule has 0 aliphatic carbocycles. The molecule has 0 aliphatic rings.